The molecule has 5 nitrogen and oxygen atoms in total. The van der Waals surface area contributed by atoms with Gasteiger partial charge in [-0.2, -0.15) is 0 Å². The van der Waals surface area contributed by atoms with Crippen LogP contribution in [0.25, 0.3) is 0 Å². The zero-order valence-corrected chi connectivity index (χ0v) is 15.1. The Balaban J connectivity index is 0.00000104. The van der Waals surface area contributed by atoms with E-state index >= 15 is 0 Å². The number of hydrogen-bond donors (Lipinski definition) is 3. The van der Waals surface area contributed by atoms with Gasteiger partial charge in [-0.3, -0.25) is 4.79 Å². The molecule has 7 heteroatoms. The van der Waals surface area contributed by atoms with Crippen molar-refractivity contribution < 1.29 is 4.79 Å². The van der Waals surface area contributed by atoms with Gasteiger partial charge in [0, 0.05) is 18.2 Å². The van der Waals surface area contributed by atoms with Crippen molar-refractivity contribution in [1.29, 1.82) is 0 Å². The second-order valence-electron chi connectivity index (χ2n) is 6.47. The van der Waals surface area contributed by atoms with Crippen LogP contribution in [-0.4, -0.2) is 36.6 Å². The van der Waals surface area contributed by atoms with Gasteiger partial charge < -0.3 is 21.3 Å². The molecule has 1 atom stereocenters. The summed E-state index contributed by atoms with van der Waals surface area (Å²) in [6.45, 7) is 2.84. The quantitative estimate of drug-likeness (QED) is 0.695. The predicted octanol–water partition coefficient (Wildman–Crippen LogP) is 1.27. The zero-order chi connectivity index (χ0) is 15.2. The van der Waals surface area contributed by atoms with Gasteiger partial charge in [0.05, 0.1) is 0 Å². The second kappa shape index (κ2) is 7.21. The van der Waals surface area contributed by atoms with Crippen LogP contribution >= 0.6 is 24.8 Å². The molecule has 1 fully saturated rings. The molecule has 4 rings (SSSR count). The van der Waals surface area contributed by atoms with Crippen molar-refractivity contribution in [3.63, 3.8) is 0 Å². The predicted molar refractivity (Wildman–Crippen MR) is 99.3 cm³/mol. The number of amides is 1. The summed E-state index contributed by atoms with van der Waals surface area (Å²) in [5, 5.41) is 6.93. The number of hydrogen-bond acceptors (Lipinski definition) is 4. The van der Waals surface area contributed by atoms with Gasteiger partial charge in [0.1, 0.15) is 11.9 Å². The third-order valence-corrected chi connectivity index (χ3v) is 5.45. The molecule has 1 amide bonds. The van der Waals surface area contributed by atoms with Crippen molar-refractivity contribution in [2.45, 2.75) is 30.8 Å². The summed E-state index contributed by atoms with van der Waals surface area (Å²) in [7, 11) is 0. The lowest BCUT2D eigenvalue weighted by atomic mass is 9.69. The van der Waals surface area contributed by atoms with E-state index in [0.29, 0.717) is 5.70 Å². The van der Waals surface area contributed by atoms with E-state index in [1.54, 1.807) is 0 Å². The first-order chi connectivity index (χ1) is 10.7. The van der Waals surface area contributed by atoms with Gasteiger partial charge in [0.2, 0.25) is 0 Å². The summed E-state index contributed by atoms with van der Waals surface area (Å²) >= 11 is 0. The van der Waals surface area contributed by atoms with Crippen LogP contribution < -0.4 is 16.4 Å². The molecule has 0 aromatic heterocycles. The largest absolute Gasteiger partial charge is 0.369 e. The van der Waals surface area contributed by atoms with Gasteiger partial charge in [0.25, 0.3) is 5.91 Å². The number of primary amides is 1. The molecule has 3 aliphatic rings. The van der Waals surface area contributed by atoms with Gasteiger partial charge in [-0.25, -0.2) is 0 Å². The van der Waals surface area contributed by atoms with Crippen molar-refractivity contribution in [3.05, 3.63) is 47.3 Å². The first-order valence-corrected chi connectivity index (χ1v) is 8.04. The lowest BCUT2D eigenvalue weighted by Crippen LogP contribution is -2.57. The summed E-state index contributed by atoms with van der Waals surface area (Å²) in [5.41, 5.74) is 9.08. The van der Waals surface area contributed by atoms with E-state index in [1.165, 1.54) is 11.1 Å². The monoisotopic (exact) mass is 370 g/mol. The van der Waals surface area contributed by atoms with Crippen LogP contribution in [0.4, 0.5) is 0 Å². The van der Waals surface area contributed by atoms with Crippen molar-refractivity contribution in [1.82, 2.24) is 15.5 Å². The second-order valence-corrected chi connectivity index (χ2v) is 6.47. The molecule has 3 aliphatic heterocycles. The van der Waals surface area contributed by atoms with Crippen LogP contribution in [0.5, 0.6) is 0 Å². The first kappa shape index (κ1) is 18.9. The van der Waals surface area contributed by atoms with Gasteiger partial charge >= 0.3 is 0 Å². The van der Waals surface area contributed by atoms with Gasteiger partial charge in [-0.1, -0.05) is 24.3 Å². The van der Waals surface area contributed by atoms with Crippen LogP contribution in [0.1, 0.15) is 24.0 Å². The highest BCUT2D eigenvalue weighted by Crippen LogP contribution is 2.44. The van der Waals surface area contributed by atoms with Crippen molar-refractivity contribution in [2.75, 3.05) is 19.6 Å². The van der Waals surface area contributed by atoms with Crippen LogP contribution in [-0.2, 0) is 16.6 Å². The van der Waals surface area contributed by atoms with Crippen LogP contribution in [0.15, 0.2) is 36.2 Å². The molecule has 0 saturated carbocycles. The Morgan fingerprint density at radius 1 is 1.21 bits per heavy atom. The summed E-state index contributed by atoms with van der Waals surface area (Å²) in [4.78, 5) is 14.0. The molecule has 0 bridgehead atoms. The van der Waals surface area contributed by atoms with Gasteiger partial charge in [-0.05, 0) is 43.5 Å². The molecule has 1 aromatic rings. The number of rotatable bonds is 1. The van der Waals surface area contributed by atoms with E-state index in [4.69, 9.17) is 5.73 Å². The van der Waals surface area contributed by atoms with Crippen LogP contribution in [0.2, 0.25) is 0 Å². The topological polar surface area (TPSA) is 70.4 Å². The number of nitrogens with one attached hydrogen (secondary N) is 2. The molecule has 3 heterocycles. The summed E-state index contributed by atoms with van der Waals surface area (Å²) in [6.07, 6.45) is 5.02. The highest BCUT2D eigenvalue weighted by Gasteiger charge is 2.49. The Morgan fingerprint density at radius 3 is 2.62 bits per heavy atom. The third kappa shape index (κ3) is 2.75. The molecule has 0 radical (unpaired) electrons. The molecular formula is C17H24Cl2N4O. The maximum absolute atomic E-state index is 11.8. The molecule has 4 N–H and O–H groups in total. The van der Waals surface area contributed by atoms with E-state index in [1.807, 2.05) is 6.20 Å². The molecule has 1 unspecified atom stereocenters. The number of carbonyl (C=O) groups is 1. The fraction of sp³-hybridized carbons (Fsp3) is 0.471. The highest BCUT2D eigenvalue weighted by molar-refractivity contribution is 5.91. The van der Waals surface area contributed by atoms with Gasteiger partial charge in [-0.15, -0.1) is 24.8 Å². The van der Waals surface area contributed by atoms with Crippen LogP contribution in [0.3, 0.4) is 0 Å². The molecule has 1 spiro atoms. The average Bonchev–Trinajstić information content (AvgIpc) is 2.94. The van der Waals surface area contributed by atoms with E-state index in [9.17, 15) is 4.79 Å². The maximum Gasteiger partial charge on any atom is 0.266 e. The molecule has 0 aliphatic carbocycles. The lowest BCUT2D eigenvalue weighted by Gasteiger charge is -2.46. The SMILES string of the molecule is Cl.Cl.NC(=O)C1=CNC2N1CCc1ccccc1C21CCNCC1. The number of piperidine rings is 1. The number of carbonyl (C=O) groups excluding carboxylic acids is 1. The summed E-state index contributed by atoms with van der Waals surface area (Å²) in [6, 6.07) is 8.75. The smallest absolute Gasteiger partial charge is 0.266 e. The van der Waals surface area contributed by atoms with Crippen molar-refractivity contribution in [2.24, 2.45) is 5.73 Å². The number of halogens is 2. The number of nitrogens with two attached hydrogens (primary N) is 1. The fourth-order valence-electron chi connectivity index (χ4n) is 4.42. The number of benzene rings is 1. The Labute approximate surface area is 154 Å². The van der Waals surface area contributed by atoms with E-state index in [-0.39, 0.29) is 42.3 Å². The third-order valence-electron chi connectivity index (χ3n) is 5.45. The molecule has 24 heavy (non-hydrogen) atoms. The molecule has 1 aromatic carbocycles. The van der Waals surface area contributed by atoms with Crippen molar-refractivity contribution >= 4 is 30.7 Å². The van der Waals surface area contributed by atoms with Gasteiger partial charge in [0.15, 0.2) is 0 Å². The normalized spacial score (nSPS) is 23.6. The molecular weight excluding hydrogens is 347 g/mol. The first-order valence-electron chi connectivity index (χ1n) is 8.04. The van der Waals surface area contributed by atoms with E-state index in [0.717, 1.165) is 38.9 Å². The Morgan fingerprint density at radius 2 is 1.92 bits per heavy atom. The summed E-state index contributed by atoms with van der Waals surface area (Å²) in [5.74, 6) is -0.343. The fourth-order valence-corrected chi connectivity index (χ4v) is 4.42. The summed E-state index contributed by atoms with van der Waals surface area (Å²) < 4.78 is 0. The average molecular weight is 371 g/mol. The minimum atomic E-state index is -0.343. The van der Waals surface area contributed by atoms with E-state index in [2.05, 4.69) is 39.8 Å². The molecule has 1 saturated heterocycles. The lowest BCUT2D eigenvalue weighted by molar-refractivity contribution is -0.116. The number of nitrogens with zero attached hydrogens (tertiary/aromatic N) is 1. The Kier molecular flexibility index (Phi) is 5.68. The molecule has 132 valence electrons. The minimum absolute atomic E-state index is 0. The Bertz CT molecular complexity index is 643. The highest BCUT2D eigenvalue weighted by atomic mass is 35.5. The Hall–Kier alpha value is -1.43. The maximum atomic E-state index is 11.8. The van der Waals surface area contributed by atoms with Crippen molar-refractivity contribution in [3.8, 4) is 0 Å². The number of fused-ring (bicyclic) bond motifs is 4. The standard InChI is InChI=1S/C17H22N4O.2ClH/c18-15(22)14-11-20-16-17(6-8-19-9-7-17)13-4-2-1-3-12(13)5-10-21(14)16;;/h1-4,11,16,19-20H,5-10H2,(H2,18,22);2*1H. The van der Waals surface area contributed by atoms with Crippen LogP contribution in [0, 0.1) is 0 Å². The minimum Gasteiger partial charge on any atom is -0.369 e. The van der Waals surface area contributed by atoms with E-state index < -0.39 is 0 Å². The zero-order valence-electron chi connectivity index (χ0n) is 13.5.